The van der Waals surface area contributed by atoms with Gasteiger partial charge in [0.15, 0.2) is 5.78 Å². The van der Waals surface area contributed by atoms with E-state index in [1.165, 1.54) is 12.7 Å². The summed E-state index contributed by atoms with van der Waals surface area (Å²) in [4.78, 5) is 27.8. The van der Waals surface area contributed by atoms with Crippen LogP contribution < -0.4 is 0 Å². The first-order valence-corrected chi connectivity index (χ1v) is 14.2. The molecule has 0 saturated heterocycles. The lowest BCUT2D eigenvalue weighted by Crippen LogP contribution is -2.65. The summed E-state index contributed by atoms with van der Waals surface area (Å²) in [7, 11) is 1.49. The molecule has 0 aromatic carbocycles. The molecule has 3 fully saturated rings. The van der Waals surface area contributed by atoms with Gasteiger partial charge in [0.05, 0.1) is 24.2 Å². The van der Waals surface area contributed by atoms with Crippen LogP contribution in [0.1, 0.15) is 99.8 Å². The quantitative estimate of drug-likeness (QED) is 0.383. The van der Waals surface area contributed by atoms with Crippen LogP contribution in [0.3, 0.4) is 0 Å². The van der Waals surface area contributed by atoms with Crippen LogP contribution in [0, 0.1) is 61.6 Å². The molecular weight excluding hydrogens is 462 g/mol. The minimum Gasteiger partial charge on any atom is -0.511 e. The summed E-state index contributed by atoms with van der Waals surface area (Å²) >= 11 is 0. The van der Waals surface area contributed by atoms with Crippen molar-refractivity contribution in [3.8, 4) is 6.07 Å². The molecule has 3 saturated carbocycles. The number of ketones is 1. The van der Waals surface area contributed by atoms with E-state index in [1.54, 1.807) is 0 Å². The summed E-state index contributed by atoms with van der Waals surface area (Å²) < 4.78 is 5.42. The molecule has 5 heteroatoms. The number of nitriles is 1. The molecule has 202 valence electrons. The van der Waals surface area contributed by atoms with E-state index in [0.717, 1.165) is 44.9 Å². The molecule has 0 aromatic rings. The van der Waals surface area contributed by atoms with E-state index in [0.29, 0.717) is 12.0 Å². The average molecular weight is 508 g/mol. The van der Waals surface area contributed by atoms with Crippen molar-refractivity contribution in [1.29, 1.82) is 5.26 Å². The average Bonchev–Trinajstić information content (AvgIpc) is 2.82. The molecule has 5 aliphatic rings. The predicted molar refractivity (Wildman–Crippen MR) is 142 cm³/mol. The lowest BCUT2D eigenvalue weighted by Gasteiger charge is -2.69. The van der Waals surface area contributed by atoms with E-state index in [4.69, 9.17) is 4.74 Å². The SMILES string of the molecule is COC(=O)[C@]12CCC(C)(C)C[C@@H]1[C@H]1C(=O)C=C3[C@@]4(C)CC(C#N)=C(O)C(C)(C)C4CC[C@@]3(C)[C@]1(C)CC2. The number of methoxy groups -OCH3 is 1. The largest absolute Gasteiger partial charge is 0.511 e. The summed E-state index contributed by atoms with van der Waals surface area (Å²) in [6.07, 6.45) is 8.50. The van der Waals surface area contributed by atoms with Gasteiger partial charge in [0.1, 0.15) is 5.76 Å². The zero-order valence-electron chi connectivity index (χ0n) is 24.1. The van der Waals surface area contributed by atoms with Crippen LogP contribution in [-0.2, 0) is 14.3 Å². The standard InChI is InChI=1S/C32H45NO4/c1-27(2)11-13-32(26(36)37-8)14-12-31(7)24(20(32)17-27)21(34)15-23-29(5)16-19(18-33)25(35)28(3,4)22(29)9-10-30(23,31)6/h15,20,22,24,35H,9-14,16-17H2,1-8H3/t20-,22?,24+,29+,30-,31-,32+/m1/s1. The molecule has 0 bridgehead atoms. The number of nitrogens with zero attached hydrogens (tertiary/aromatic N) is 1. The molecule has 1 unspecified atom stereocenters. The number of carbonyl (C=O) groups excluding carboxylic acids is 2. The van der Waals surface area contributed by atoms with Crippen LogP contribution in [0.15, 0.2) is 23.0 Å². The second-order valence-corrected chi connectivity index (χ2v) is 15.2. The van der Waals surface area contributed by atoms with Crippen LogP contribution >= 0.6 is 0 Å². The van der Waals surface area contributed by atoms with Gasteiger partial charge in [-0.25, -0.2) is 0 Å². The maximum Gasteiger partial charge on any atom is 0.312 e. The number of rotatable bonds is 1. The minimum absolute atomic E-state index is 0.0310. The number of hydrogen-bond acceptors (Lipinski definition) is 5. The van der Waals surface area contributed by atoms with E-state index in [1.807, 2.05) is 6.08 Å². The smallest absolute Gasteiger partial charge is 0.312 e. The van der Waals surface area contributed by atoms with E-state index in [2.05, 4.69) is 54.5 Å². The van der Waals surface area contributed by atoms with E-state index in [9.17, 15) is 20.0 Å². The van der Waals surface area contributed by atoms with Gasteiger partial charge >= 0.3 is 5.97 Å². The van der Waals surface area contributed by atoms with E-state index >= 15 is 0 Å². The Morgan fingerprint density at radius 1 is 1.05 bits per heavy atom. The highest BCUT2D eigenvalue weighted by Crippen LogP contribution is 2.75. The molecule has 0 aromatic heterocycles. The molecule has 0 amide bonds. The lowest BCUT2D eigenvalue weighted by atomic mass is 9.34. The topological polar surface area (TPSA) is 87.4 Å². The monoisotopic (exact) mass is 507 g/mol. The van der Waals surface area contributed by atoms with Crippen LogP contribution in [0.25, 0.3) is 0 Å². The number of aliphatic hydroxyl groups excluding tert-OH is 1. The van der Waals surface area contributed by atoms with Crippen molar-refractivity contribution in [2.75, 3.05) is 7.11 Å². The molecule has 1 N–H and O–H groups in total. The molecule has 37 heavy (non-hydrogen) atoms. The van der Waals surface area contributed by atoms with Gasteiger partial charge in [-0.15, -0.1) is 0 Å². The molecule has 5 aliphatic carbocycles. The van der Waals surface area contributed by atoms with Crippen molar-refractivity contribution in [1.82, 2.24) is 0 Å². The predicted octanol–water partition coefficient (Wildman–Crippen LogP) is 7.09. The molecule has 7 atom stereocenters. The minimum atomic E-state index is -0.581. The Kier molecular flexibility index (Phi) is 5.54. The highest BCUT2D eigenvalue weighted by molar-refractivity contribution is 5.96. The number of esters is 1. The third-order valence-electron chi connectivity index (χ3n) is 12.7. The normalized spacial score (nSPS) is 45.9. The zero-order valence-corrected chi connectivity index (χ0v) is 24.1. The Bertz CT molecular complexity index is 1170. The third-order valence-corrected chi connectivity index (χ3v) is 12.7. The zero-order chi connectivity index (χ0) is 27.4. The number of aliphatic hydroxyl groups is 1. The Morgan fingerprint density at radius 3 is 2.32 bits per heavy atom. The van der Waals surface area contributed by atoms with E-state index in [-0.39, 0.29) is 56.9 Å². The number of hydrogen-bond donors (Lipinski definition) is 1. The molecule has 0 spiro atoms. The van der Waals surface area contributed by atoms with Crippen molar-refractivity contribution in [2.24, 2.45) is 50.2 Å². The fourth-order valence-corrected chi connectivity index (χ4v) is 10.5. The van der Waals surface area contributed by atoms with Gasteiger partial charge in [-0.05, 0) is 90.9 Å². The highest BCUT2D eigenvalue weighted by atomic mass is 16.5. The van der Waals surface area contributed by atoms with Crippen molar-refractivity contribution in [3.63, 3.8) is 0 Å². The van der Waals surface area contributed by atoms with Crippen molar-refractivity contribution in [3.05, 3.63) is 23.0 Å². The second kappa shape index (κ2) is 7.73. The fraction of sp³-hybridized carbons (Fsp3) is 0.781. The summed E-state index contributed by atoms with van der Waals surface area (Å²) in [6, 6.07) is 2.29. The number of carbonyl (C=O) groups is 2. The third kappa shape index (κ3) is 3.14. The Morgan fingerprint density at radius 2 is 1.70 bits per heavy atom. The van der Waals surface area contributed by atoms with Crippen molar-refractivity contribution >= 4 is 11.8 Å². The summed E-state index contributed by atoms with van der Waals surface area (Å²) in [5, 5.41) is 20.9. The van der Waals surface area contributed by atoms with Crippen LogP contribution in [0.2, 0.25) is 0 Å². The number of fused-ring (bicyclic) bond motifs is 7. The lowest BCUT2D eigenvalue weighted by molar-refractivity contribution is -0.192. The number of allylic oxidation sites excluding steroid dienone is 4. The van der Waals surface area contributed by atoms with Gasteiger partial charge in [-0.3, -0.25) is 9.59 Å². The maximum atomic E-state index is 14.4. The first-order valence-electron chi connectivity index (χ1n) is 14.2. The Labute approximate surface area is 222 Å². The molecule has 0 aliphatic heterocycles. The van der Waals surface area contributed by atoms with Gasteiger partial charge in [0.25, 0.3) is 0 Å². The Hall–Kier alpha value is -2.09. The molecular formula is C32H45NO4. The highest BCUT2D eigenvalue weighted by Gasteiger charge is 2.71. The fourth-order valence-electron chi connectivity index (χ4n) is 10.5. The van der Waals surface area contributed by atoms with Crippen molar-refractivity contribution in [2.45, 2.75) is 99.8 Å². The molecule has 5 rings (SSSR count). The Balaban J connectivity index is 1.68. The first kappa shape index (κ1) is 26.5. The second-order valence-electron chi connectivity index (χ2n) is 15.2. The van der Waals surface area contributed by atoms with Crippen LogP contribution in [-0.4, -0.2) is 24.0 Å². The van der Waals surface area contributed by atoms with Gasteiger partial charge in [0.2, 0.25) is 0 Å². The van der Waals surface area contributed by atoms with Crippen LogP contribution in [0.5, 0.6) is 0 Å². The van der Waals surface area contributed by atoms with Gasteiger partial charge in [-0.1, -0.05) is 54.0 Å². The maximum absolute atomic E-state index is 14.4. The van der Waals surface area contributed by atoms with Gasteiger partial charge in [0, 0.05) is 11.3 Å². The molecule has 0 heterocycles. The summed E-state index contributed by atoms with van der Waals surface area (Å²) in [5.41, 5.74) is -0.275. The van der Waals surface area contributed by atoms with Gasteiger partial charge < -0.3 is 9.84 Å². The van der Waals surface area contributed by atoms with Crippen LogP contribution in [0.4, 0.5) is 0 Å². The summed E-state index contributed by atoms with van der Waals surface area (Å²) in [5.74, 6) is 0.143. The first-order chi connectivity index (χ1) is 17.0. The molecule has 0 radical (unpaired) electrons. The van der Waals surface area contributed by atoms with Gasteiger partial charge in [-0.2, -0.15) is 5.26 Å². The van der Waals surface area contributed by atoms with Crippen molar-refractivity contribution < 1.29 is 19.4 Å². The number of ether oxygens (including phenoxy) is 1. The molecule has 5 nitrogen and oxygen atoms in total. The summed E-state index contributed by atoms with van der Waals surface area (Å²) in [6.45, 7) is 15.6. The van der Waals surface area contributed by atoms with E-state index < -0.39 is 10.8 Å².